The first kappa shape index (κ1) is 8.25. The Morgan fingerprint density at radius 2 is 1.88 bits per heavy atom. The van der Waals surface area contributed by atoms with Crippen LogP contribution in [0, 0.1) is 11.8 Å². The molecule has 0 aromatic carbocycles. The van der Waals surface area contributed by atoms with E-state index in [0.717, 1.165) is 11.8 Å². The van der Waals surface area contributed by atoms with E-state index in [2.05, 4.69) is 13.8 Å². The van der Waals surface area contributed by atoms with E-state index in [1.807, 2.05) is 0 Å². The lowest BCUT2D eigenvalue weighted by Crippen LogP contribution is -2.05. The van der Waals surface area contributed by atoms with Crippen molar-refractivity contribution in [3.63, 3.8) is 0 Å². The average molecular weight is 136 g/mol. The maximum atomic E-state index is 5.57. The first-order chi connectivity index (χ1) is 3.22. The van der Waals surface area contributed by atoms with E-state index in [4.69, 9.17) is 5.73 Å². The highest BCUT2D eigenvalue weighted by molar-refractivity contribution is 5.85. The molecule has 1 nitrogen and oxygen atoms in total. The highest BCUT2D eigenvalue weighted by Crippen LogP contribution is 2.34. The van der Waals surface area contributed by atoms with Gasteiger partial charge < -0.3 is 5.73 Å². The fraction of sp³-hybridized carbons (Fsp3) is 1.00. The molecule has 0 heterocycles. The molecule has 50 valence electrons. The summed E-state index contributed by atoms with van der Waals surface area (Å²) in [6.45, 7) is 4.47. The van der Waals surface area contributed by atoms with E-state index in [9.17, 15) is 0 Å². The van der Waals surface area contributed by atoms with Crippen LogP contribution in [0.4, 0.5) is 0 Å². The number of rotatable bonds is 1. The lowest BCUT2D eigenvalue weighted by atomic mass is 10.1. The predicted octanol–water partition coefficient (Wildman–Crippen LogP) is 1.41. The molecular formula is C6H14ClN. The fourth-order valence-electron chi connectivity index (χ4n) is 1.00. The van der Waals surface area contributed by atoms with Crippen molar-refractivity contribution < 1.29 is 0 Å². The second kappa shape index (κ2) is 2.70. The summed E-state index contributed by atoms with van der Waals surface area (Å²) in [5.41, 5.74) is 5.57. The smallest absolute Gasteiger partial charge is 0.00735 e. The Morgan fingerprint density at radius 1 is 1.50 bits per heavy atom. The standard InChI is InChI=1S/C6H13N.ClH/c1-4(2)5-3-6(5)7;/h4-6H,3,7H2,1-2H3;1H/t5-,6+;/m0./s1. The van der Waals surface area contributed by atoms with Gasteiger partial charge in [-0.25, -0.2) is 0 Å². The van der Waals surface area contributed by atoms with Gasteiger partial charge >= 0.3 is 0 Å². The summed E-state index contributed by atoms with van der Waals surface area (Å²) >= 11 is 0. The second-order valence-electron chi connectivity index (χ2n) is 2.81. The third kappa shape index (κ3) is 1.64. The number of nitrogens with two attached hydrogens (primary N) is 1. The molecule has 2 N–H and O–H groups in total. The number of halogens is 1. The first-order valence-electron chi connectivity index (χ1n) is 2.97. The summed E-state index contributed by atoms with van der Waals surface area (Å²) in [6, 6.07) is 0.542. The minimum Gasteiger partial charge on any atom is -0.327 e. The van der Waals surface area contributed by atoms with Crippen LogP contribution in [0.15, 0.2) is 0 Å². The monoisotopic (exact) mass is 135 g/mol. The molecule has 1 rings (SSSR count). The molecular weight excluding hydrogens is 122 g/mol. The molecule has 1 saturated carbocycles. The minimum absolute atomic E-state index is 0. The lowest BCUT2D eigenvalue weighted by Gasteiger charge is -1.96. The summed E-state index contributed by atoms with van der Waals surface area (Å²) in [5, 5.41) is 0. The molecule has 0 saturated heterocycles. The highest BCUT2D eigenvalue weighted by atomic mass is 35.5. The van der Waals surface area contributed by atoms with Crippen molar-refractivity contribution in [3.8, 4) is 0 Å². The molecule has 0 amide bonds. The summed E-state index contributed by atoms with van der Waals surface area (Å²) in [7, 11) is 0. The molecule has 1 fully saturated rings. The Hall–Kier alpha value is 0.250. The van der Waals surface area contributed by atoms with Crippen molar-refractivity contribution in [2.75, 3.05) is 0 Å². The summed E-state index contributed by atoms with van der Waals surface area (Å²) in [5.74, 6) is 1.66. The highest BCUT2D eigenvalue weighted by Gasteiger charge is 2.35. The van der Waals surface area contributed by atoms with Gasteiger partial charge in [0.2, 0.25) is 0 Å². The number of hydrogen-bond acceptors (Lipinski definition) is 1. The molecule has 0 bridgehead atoms. The van der Waals surface area contributed by atoms with Crippen LogP contribution < -0.4 is 5.73 Å². The van der Waals surface area contributed by atoms with Gasteiger partial charge in [0.25, 0.3) is 0 Å². The van der Waals surface area contributed by atoms with Gasteiger partial charge in [-0.15, -0.1) is 12.4 Å². The Bertz CT molecular complexity index is 72.9. The zero-order valence-corrected chi connectivity index (χ0v) is 6.24. The summed E-state index contributed by atoms with van der Waals surface area (Å²) < 4.78 is 0. The fourth-order valence-corrected chi connectivity index (χ4v) is 1.00. The second-order valence-corrected chi connectivity index (χ2v) is 2.81. The van der Waals surface area contributed by atoms with Crippen LogP contribution in [-0.4, -0.2) is 6.04 Å². The number of hydrogen-bond donors (Lipinski definition) is 1. The molecule has 0 spiro atoms. The first-order valence-corrected chi connectivity index (χ1v) is 2.97. The molecule has 2 atom stereocenters. The van der Waals surface area contributed by atoms with Gasteiger partial charge in [-0.2, -0.15) is 0 Å². The Morgan fingerprint density at radius 3 is 1.88 bits per heavy atom. The predicted molar refractivity (Wildman–Crippen MR) is 38.2 cm³/mol. The summed E-state index contributed by atoms with van der Waals surface area (Å²) in [4.78, 5) is 0. The van der Waals surface area contributed by atoms with E-state index in [0.29, 0.717) is 6.04 Å². The zero-order chi connectivity index (χ0) is 5.44. The molecule has 1 aliphatic rings. The summed E-state index contributed by atoms with van der Waals surface area (Å²) in [6.07, 6.45) is 1.26. The minimum atomic E-state index is 0. The van der Waals surface area contributed by atoms with Crippen molar-refractivity contribution in [2.45, 2.75) is 26.3 Å². The normalized spacial score (nSPS) is 34.5. The van der Waals surface area contributed by atoms with Crippen LogP contribution in [0.2, 0.25) is 0 Å². The molecule has 0 radical (unpaired) electrons. The molecule has 0 aromatic heterocycles. The lowest BCUT2D eigenvalue weighted by molar-refractivity contribution is 0.547. The van der Waals surface area contributed by atoms with E-state index in [1.165, 1.54) is 6.42 Å². The van der Waals surface area contributed by atoms with Gasteiger partial charge in [0.05, 0.1) is 0 Å². The Balaban J connectivity index is 0.000000490. The average Bonchev–Trinajstić information content (AvgIpc) is 2.17. The van der Waals surface area contributed by atoms with Crippen LogP contribution in [0.5, 0.6) is 0 Å². The third-order valence-corrected chi connectivity index (χ3v) is 1.75. The van der Waals surface area contributed by atoms with Gasteiger partial charge in [-0.3, -0.25) is 0 Å². The molecule has 1 aliphatic carbocycles. The zero-order valence-electron chi connectivity index (χ0n) is 5.42. The van der Waals surface area contributed by atoms with Crippen LogP contribution in [0.1, 0.15) is 20.3 Å². The van der Waals surface area contributed by atoms with E-state index in [1.54, 1.807) is 0 Å². The third-order valence-electron chi connectivity index (χ3n) is 1.75. The van der Waals surface area contributed by atoms with Crippen LogP contribution >= 0.6 is 12.4 Å². The van der Waals surface area contributed by atoms with Gasteiger partial charge in [0.15, 0.2) is 0 Å². The van der Waals surface area contributed by atoms with Gasteiger partial charge in [-0.1, -0.05) is 13.8 Å². The quantitative estimate of drug-likeness (QED) is 0.578. The maximum Gasteiger partial charge on any atom is 0.00735 e. The van der Waals surface area contributed by atoms with E-state index < -0.39 is 0 Å². The Labute approximate surface area is 57.1 Å². The largest absolute Gasteiger partial charge is 0.327 e. The van der Waals surface area contributed by atoms with Crippen LogP contribution in [-0.2, 0) is 0 Å². The van der Waals surface area contributed by atoms with Gasteiger partial charge in [0, 0.05) is 6.04 Å². The molecule has 2 heteroatoms. The van der Waals surface area contributed by atoms with E-state index in [-0.39, 0.29) is 12.4 Å². The van der Waals surface area contributed by atoms with Crippen LogP contribution in [0.25, 0.3) is 0 Å². The van der Waals surface area contributed by atoms with Crippen molar-refractivity contribution >= 4 is 12.4 Å². The molecule has 0 aliphatic heterocycles. The van der Waals surface area contributed by atoms with Crippen molar-refractivity contribution in [1.29, 1.82) is 0 Å². The molecule has 8 heavy (non-hydrogen) atoms. The molecule has 0 aromatic rings. The van der Waals surface area contributed by atoms with E-state index >= 15 is 0 Å². The van der Waals surface area contributed by atoms with Gasteiger partial charge in [0.1, 0.15) is 0 Å². The van der Waals surface area contributed by atoms with Crippen LogP contribution in [0.3, 0.4) is 0 Å². The molecule has 0 unspecified atom stereocenters. The van der Waals surface area contributed by atoms with Crippen molar-refractivity contribution in [2.24, 2.45) is 17.6 Å². The Kier molecular flexibility index (Phi) is 2.78. The van der Waals surface area contributed by atoms with Crippen molar-refractivity contribution in [1.82, 2.24) is 0 Å². The SMILES string of the molecule is CC(C)[C@@H]1C[C@H]1N.Cl. The maximum absolute atomic E-state index is 5.57. The van der Waals surface area contributed by atoms with Crippen molar-refractivity contribution in [3.05, 3.63) is 0 Å². The topological polar surface area (TPSA) is 26.0 Å². The van der Waals surface area contributed by atoms with Gasteiger partial charge in [-0.05, 0) is 18.3 Å².